The molecule has 0 unspecified atom stereocenters. The van der Waals surface area contributed by atoms with E-state index in [-0.39, 0.29) is 5.91 Å². The van der Waals surface area contributed by atoms with E-state index in [0.29, 0.717) is 6.54 Å². The van der Waals surface area contributed by atoms with Crippen molar-refractivity contribution in [3.63, 3.8) is 0 Å². The number of benzene rings is 1. The molecule has 4 heteroatoms. The summed E-state index contributed by atoms with van der Waals surface area (Å²) < 4.78 is 5.02. The van der Waals surface area contributed by atoms with E-state index in [4.69, 9.17) is 4.52 Å². The summed E-state index contributed by atoms with van der Waals surface area (Å²) in [6.07, 6.45) is 0.902. The van der Waals surface area contributed by atoms with Crippen molar-refractivity contribution < 1.29 is 9.32 Å². The molecule has 0 spiro atoms. The lowest BCUT2D eigenvalue weighted by atomic mass is 9.99. The first kappa shape index (κ1) is 11.0. The molecule has 1 aliphatic heterocycles. The van der Waals surface area contributed by atoms with Crippen LogP contribution in [-0.4, -0.2) is 22.5 Å². The highest BCUT2D eigenvalue weighted by atomic mass is 16.5. The Morgan fingerprint density at radius 3 is 3.00 bits per heavy atom. The van der Waals surface area contributed by atoms with Gasteiger partial charge < -0.3 is 9.42 Å². The Hall–Kier alpha value is -2.10. The van der Waals surface area contributed by atoms with Crippen LogP contribution in [0.15, 0.2) is 34.9 Å². The fourth-order valence-electron chi connectivity index (χ4n) is 2.31. The Labute approximate surface area is 105 Å². The van der Waals surface area contributed by atoms with Crippen LogP contribution in [0.4, 0.5) is 0 Å². The Kier molecular flexibility index (Phi) is 2.63. The summed E-state index contributed by atoms with van der Waals surface area (Å²) in [6, 6.07) is 9.65. The van der Waals surface area contributed by atoms with E-state index in [0.717, 1.165) is 35.5 Å². The number of aryl methyl sites for hydroxylation is 1. The van der Waals surface area contributed by atoms with Gasteiger partial charge in [-0.3, -0.25) is 4.79 Å². The Morgan fingerprint density at radius 2 is 2.22 bits per heavy atom. The first-order chi connectivity index (χ1) is 8.74. The SMILES string of the molecule is Cc1cc(CN2CCc3ccccc3C2=O)no1. The second-order valence-corrected chi connectivity index (χ2v) is 4.56. The molecule has 0 bridgehead atoms. The van der Waals surface area contributed by atoms with Gasteiger partial charge >= 0.3 is 0 Å². The number of hydrogen-bond donors (Lipinski definition) is 0. The topological polar surface area (TPSA) is 46.3 Å². The van der Waals surface area contributed by atoms with Gasteiger partial charge in [0.25, 0.3) is 5.91 Å². The van der Waals surface area contributed by atoms with Gasteiger partial charge in [-0.2, -0.15) is 0 Å². The first-order valence-corrected chi connectivity index (χ1v) is 6.03. The summed E-state index contributed by atoms with van der Waals surface area (Å²) in [4.78, 5) is 14.1. The first-order valence-electron chi connectivity index (χ1n) is 6.03. The van der Waals surface area contributed by atoms with Gasteiger partial charge in [-0.1, -0.05) is 23.4 Å². The minimum absolute atomic E-state index is 0.0810. The van der Waals surface area contributed by atoms with Crippen LogP contribution in [0, 0.1) is 6.92 Å². The van der Waals surface area contributed by atoms with E-state index in [1.165, 1.54) is 0 Å². The van der Waals surface area contributed by atoms with Crippen LogP contribution in [0.3, 0.4) is 0 Å². The van der Waals surface area contributed by atoms with Crippen LogP contribution in [0.2, 0.25) is 0 Å². The predicted molar refractivity (Wildman–Crippen MR) is 66.1 cm³/mol. The minimum atomic E-state index is 0.0810. The molecule has 2 aromatic rings. The van der Waals surface area contributed by atoms with Crippen molar-refractivity contribution in [3.8, 4) is 0 Å². The number of nitrogens with zero attached hydrogens (tertiary/aromatic N) is 2. The van der Waals surface area contributed by atoms with E-state index in [1.54, 1.807) is 0 Å². The highest BCUT2D eigenvalue weighted by Crippen LogP contribution is 2.20. The van der Waals surface area contributed by atoms with Crippen LogP contribution in [0.5, 0.6) is 0 Å². The third kappa shape index (κ3) is 1.90. The number of carbonyl (C=O) groups is 1. The lowest BCUT2D eigenvalue weighted by Gasteiger charge is -2.27. The average molecular weight is 242 g/mol. The molecule has 0 atom stereocenters. The molecule has 18 heavy (non-hydrogen) atoms. The van der Waals surface area contributed by atoms with E-state index in [9.17, 15) is 4.79 Å². The van der Waals surface area contributed by atoms with Crippen LogP contribution < -0.4 is 0 Å². The molecule has 3 rings (SSSR count). The molecule has 0 radical (unpaired) electrons. The summed E-state index contributed by atoms with van der Waals surface area (Å²) in [7, 11) is 0. The molecule has 4 nitrogen and oxygen atoms in total. The fraction of sp³-hybridized carbons (Fsp3) is 0.286. The summed E-state index contributed by atoms with van der Waals surface area (Å²) in [5.41, 5.74) is 2.75. The maximum Gasteiger partial charge on any atom is 0.254 e. The second kappa shape index (κ2) is 4.29. The van der Waals surface area contributed by atoms with Gasteiger partial charge in [0, 0.05) is 18.2 Å². The molecular formula is C14H14N2O2. The fourth-order valence-corrected chi connectivity index (χ4v) is 2.31. The predicted octanol–water partition coefficient (Wildman–Crippen LogP) is 2.18. The number of aromatic nitrogens is 1. The molecule has 2 heterocycles. The molecule has 0 fully saturated rings. The summed E-state index contributed by atoms with van der Waals surface area (Å²) in [5, 5.41) is 3.93. The Balaban J connectivity index is 1.82. The second-order valence-electron chi connectivity index (χ2n) is 4.56. The van der Waals surface area contributed by atoms with Crippen molar-refractivity contribution in [2.75, 3.05) is 6.54 Å². The number of amides is 1. The molecule has 0 saturated carbocycles. The van der Waals surface area contributed by atoms with E-state index < -0.39 is 0 Å². The quantitative estimate of drug-likeness (QED) is 0.811. The maximum atomic E-state index is 12.3. The highest BCUT2D eigenvalue weighted by molar-refractivity contribution is 5.96. The average Bonchev–Trinajstić information content (AvgIpc) is 2.79. The monoisotopic (exact) mass is 242 g/mol. The van der Waals surface area contributed by atoms with Gasteiger partial charge in [0.05, 0.1) is 6.54 Å². The molecule has 92 valence electrons. The van der Waals surface area contributed by atoms with Crippen LogP contribution in [0.1, 0.15) is 27.4 Å². The molecule has 1 aromatic heterocycles. The van der Waals surface area contributed by atoms with Gasteiger partial charge in [0.1, 0.15) is 11.5 Å². The Bertz CT molecular complexity index is 589. The van der Waals surface area contributed by atoms with Crippen LogP contribution in [-0.2, 0) is 13.0 Å². The molecular weight excluding hydrogens is 228 g/mol. The van der Waals surface area contributed by atoms with Gasteiger partial charge in [-0.25, -0.2) is 0 Å². The standard InChI is InChI=1S/C14H14N2O2/c1-10-8-12(15-18-10)9-16-7-6-11-4-2-3-5-13(11)14(16)17/h2-5,8H,6-7,9H2,1H3. The van der Waals surface area contributed by atoms with E-state index in [2.05, 4.69) is 5.16 Å². The van der Waals surface area contributed by atoms with Crippen molar-refractivity contribution in [2.24, 2.45) is 0 Å². The van der Waals surface area contributed by atoms with Gasteiger partial charge in [0.15, 0.2) is 0 Å². The maximum absolute atomic E-state index is 12.3. The number of fused-ring (bicyclic) bond motifs is 1. The number of rotatable bonds is 2. The lowest BCUT2D eigenvalue weighted by molar-refractivity contribution is 0.0723. The summed E-state index contributed by atoms with van der Waals surface area (Å²) in [5.74, 6) is 0.854. The third-order valence-corrected chi connectivity index (χ3v) is 3.22. The molecule has 0 N–H and O–H groups in total. The van der Waals surface area contributed by atoms with Crippen molar-refractivity contribution in [1.82, 2.24) is 10.1 Å². The van der Waals surface area contributed by atoms with Gasteiger partial charge in [-0.05, 0) is 25.0 Å². The zero-order valence-corrected chi connectivity index (χ0v) is 10.2. The van der Waals surface area contributed by atoms with Crippen molar-refractivity contribution in [3.05, 3.63) is 52.9 Å². The lowest BCUT2D eigenvalue weighted by Crippen LogP contribution is -2.37. The molecule has 0 saturated heterocycles. The number of carbonyl (C=O) groups excluding carboxylic acids is 1. The Morgan fingerprint density at radius 1 is 1.39 bits per heavy atom. The summed E-state index contributed by atoms with van der Waals surface area (Å²) >= 11 is 0. The molecule has 1 amide bonds. The highest BCUT2D eigenvalue weighted by Gasteiger charge is 2.24. The van der Waals surface area contributed by atoms with Crippen LogP contribution in [0.25, 0.3) is 0 Å². The molecule has 0 aliphatic carbocycles. The van der Waals surface area contributed by atoms with Crippen molar-refractivity contribution >= 4 is 5.91 Å². The smallest absolute Gasteiger partial charge is 0.254 e. The largest absolute Gasteiger partial charge is 0.361 e. The third-order valence-electron chi connectivity index (χ3n) is 3.22. The molecule has 1 aliphatic rings. The van der Waals surface area contributed by atoms with Gasteiger partial charge in [0.2, 0.25) is 0 Å². The van der Waals surface area contributed by atoms with E-state index >= 15 is 0 Å². The number of hydrogen-bond acceptors (Lipinski definition) is 3. The van der Waals surface area contributed by atoms with E-state index in [1.807, 2.05) is 42.2 Å². The van der Waals surface area contributed by atoms with Crippen LogP contribution >= 0.6 is 0 Å². The minimum Gasteiger partial charge on any atom is -0.361 e. The van der Waals surface area contributed by atoms with Gasteiger partial charge in [-0.15, -0.1) is 0 Å². The zero-order valence-electron chi connectivity index (χ0n) is 10.2. The molecule has 1 aromatic carbocycles. The van der Waals surface area contributed by atoms with Crippen molar-refractivity contribution in [1.29, 1.82) is 0 Å². The zero-order chi connectivity index (χ0) is 12.5. The normalized spacial score (nSPS) is 14.7. The summed E-state index contributed by atoms with van der Waals surface area (Å²) in [6.45, 7) is 3.11. The van der Waals surface area contributed by atoms with Crippen molar-refractivity contribution in [2.45, 2.75) is 19.9 Å².